The van der Waals surface area contributed by atoms with Gasteiger partial charge in [-0.05, 0) is 65.9 Å². The third kappa shape index (κ3) is 3.65. The molecule has 3 aromatic rings. The molecule has 0 aliphatic rings. The first-order valence-corrected chi connectivity index (χ1v) is 8.08. The van der Waals surface area contributed by atoms with Crippen LogP contribution in [0.4, 0.5) is 18.9 Å². The third-order valence-corrected chi connectivity index (χ3v) is 4.32. The predicted molar refractivity (Wildman–Crippen MR) is 93.1 cm³/mol. The summed E-state index contributed by atoms with van der Waals surface area (Å²) in [4.78, 5) is 16.2. The van der Waals surface area contributed by atoms with E-state index in [0.717, 1.165) is 12.1 Å². The molecule has 2 aromatic carbocycles. The maximum atomic E-state index is 13.6. The lowest BCUT2D eigenvalue weighted by Gasteiger charge is -2.05. The molecule has 128 valence electrons. The lowest BCUT2D eigenvalue weighted by Crippen LogP contribution is -2.15. The first kappa shape index (κ1) is 17.4. The Morgan fingerprint density at radius 1 is 1.12 bits per heavy atom. The van der Waals surface area contributed by atoms with Crippen molar-refractivity contribution < 1.29 is 18.0 Å². The smallest absolute Gasteiger partial charge is 0.295 e. The second-order valence-electron chi connectivity index (χ2n) is 5.08. The number of rotatable bonds is 3. The SMILES string of the molecule is Cc1nc(C(=O)Nc2cc(F)c(I)c(F)c2)nn1-c1ccc(F)cc1. The van der Waals surface area contributed by atoms with E-state index in [1.807, 2.05) is 0 Å². The first-order valence-electron chi connectivity index (χ1n) is 7.00. The summed E-state index contributed by atoms with van der Waals surface area (Å²) in [5, 5.41) is 6.40. The lowest BCUT2D eigenvalue weighted by atomic mass is 10.3. The molecule has 1 heterocycles. The van der Waals surface area contributed by atoms with Gasteiger partial charge in [0.15, 0.2) is 0 Å². The van der Waals surface area contributed by atoms with Crippen molar-refractivity contribution in [2.24, 2.45) is 0 Å². The van der Waals surface area contributed by atoms with E-state index in [-0.39, 0.29) is 15.1 Å². The highest BCUT2D eigenvalue weighted by Crippen LogP contribution is 2.21. The Bertz CT molecular complexity index is 934. The molecule has 0 radical (unpaired) electrons. The number of nitrogens with zero attached hydrogens (tertiary/aromatic N) is 3. The van der Waals surface area contributed by atoms with Crippen molar-refractivity contribution >= 4 is 34.2 Å². The minimum absolute atomic E-state index is 0.0452. The summed E-state index contributed by atoms with van der Waals surface area (Å²) in [7, 11) is 0. The number of aryl methyl sites for hydroxylation is 1. The standard InChI is InChI=1S/C16H10F3IN4O/c1-8-21-15(23-24(8)11-4-2-9(17)3-5-11)16(25)22-10-6-12(18)14(20)13(19)7-10/h2-7H,1H3,(H,22,25). The van der Waals surface area contributed by atoms with Crippen LogP contribution in [-0.4, -0.2) is 20.7 Å². The average molecular weight is 458 g/mol. The molecule has 5 nitrogen and oxygen atoms in total. The number of halogens is 4. The molecule has 0 atom stereocenters. The topological polar surface area (TPSA) is 59.8 Å². The van der Waals surface area contributed by atoms with Gasteiger partial charge in [-0.1, -0.05) is 0 Å². The van der Waals surface area contributed by atoms with E-state index in [0.29, 0.717) is 11.5 Å². The van der Waals surface area contributed by atoms with Crippen LogP contribution >= 0.6 is 22.6 Å². The summed E-state index contributed by atoms with van der Waals surface area (Å²) in [5.41, 5.74) is 0.480. The number of anilines is 1. The van der Waals surface area contributed by atoms with E-state index in [2.05, 4.69) is 15.4 Å². The second kappa shape index (κ2) is 6.82. The highest BCUT2D eigenvalue weighted by Gasteiger charge is 2.17. The fourth-order valence-corrected chi connectivity index (χ4v) is 2.44. The van der Waals surface area contributed by atoms with Crippen molar-refractivity contribution in [3.8, 4) is 5.69 Å². The molecular formula is C16H10F3IN4O. The van der Waals surface area contributed by atoms with E-state index < -0.39 is 23.4 Å². The van der Waals surface area contributed by atoms with Crippen LogP contribution in [0.25, 0.3) is 5.69 Å². The Kier molecular flexibility index (Phi) is 4.75. The van der Waals surface area contributed by atoms with Gasteiger partial charge in [-0.15, -0.1) is 5.10 Å². The second-order valence-corrected chi connectivity index (χ2v) is 6.16. The van der Waals surface area contributed by atoms with Gasteiger partial charge < -0.3 is 5.32 Å². The molecule has 0 bridgehead atoms. The van der Waals surface area contributed by atoms with Crippen LogP contribution in [-0.2, 0) is 0 Å². The van der Waals surface area contributed by atoms with Crippen LogP contribution in [0.1, 0.15) is 16.4 Å². The monoisotopic (exact) mass is 458 g/mol. The van der Waals surface area contributed by atoms with Crippen molar-refractivity contribution in [3.63, 3.8) is 0 Å². The highest BCUT2D eigenvalue weighted by atomic mass is 127. The van der Waals surface area contributed by atoms with Gasteiger partial charge in [0, 0.05) is 5.69 Å². The molecule has 25 heavy (non-hydrogen) atoms. The molecular weight excluding hydrogens is 448 g/mol. The predicted octanol–water partition coefficient (Wildman–Crippen LogP) is 3.85. The number of nitrogens with one attached hydrogen (secondary N) is 1. The van der Waals surface area contributed by atoms with Crippen LogP contribution in [0.5, 0.6) is 0 Å². The molecule has 0 aliphatic carbocycles. The van der Waals surface area contributed by atoms with Gasteiger partial charge >= 0.3 is 0 Å². The average Bonchev–Trinajstić information content (AvgIpc) is 2.95. The Hall–Kier alpha value is -2.43. The summed E-state index contributed by atoms with van der Waals surface area (Å²) in [5.74, 6) is -2.46. The number of hydrogen-bond acceptors (Lipinski definition) is 3. The lowest BCUT2D eigenvalue weighted by molar-refractivity contribution is 0.101. The molecule has 0 unspecified atom stereocenters. The maximum absolute atomic E-state index is 13.6. The van der Waals surface area contributed by atoms with Gasteiger partial charge in [0.25, 0.3) is 5.91 Å². The molecule has 9 heteroatoms. The van der Waals surface area contributed by atoms with Crippen molar-refractivity contribution in [3.05, 3.63) is 69.1 Å². The minimum atomic E-state index is -0.781. The van der Waals surface area contributed by atoms with Gasteiger partial charge in [0.05, 0.1) is 9.26 Å². The molecule has 0 fully saturated rings. The van der Waals surface area contributed by atoms with Gasteiger partial charge in [-0.25, -0.2) is 22.8 Å². The molecule has 1 N–H and O–H groups in total. The van der Waals surface area contributed by atoms with E-state index in [9.17, 15) is 18.0 Å². The molecule has 1 amide bonds. The van der Waals surface area contributed by atoms with E-state index >= 15 is 0 Å². The quantitative estimate of drug-likeness (QED) is 0.480. The molecule has 1 aromatic heterocycles. The summed E-state index contributed by atoms with van der Waals surface area (Å²) < 4.78 is 41.3. The van der Waals surface area contributed by atoms with E-state index in [1.165, 1.54) is 51.5 Å². The molecule has 3 rings (SSSR count). The third-order valence-electron chi connectivity index (χ3n) is 3.28. The Morgan fingerprint density at radius 3 is 2.32 bits per heavy atom. The summed E-state index contributed by atoms with van der Waals surface area (Å²) in [6, 6.07) is 7.50. The van der Waals surface area contributed by atoms with Crippen molar-refractivity contribution in [1.82, 2.24) is 14.8 Å². The van der Waals surface area contributed by atoms with E-state index in [4.69, 9.17) is 0 Å². The molecule has 0 saturated carbocycles. The van der Waals surface area contributed by atoms with Crippen molar-refractivity contribution in [1.29, 1.82) is 0 Å². The summed E-state index contributed by atoms with van der Waals surface area (Å²) in [6.07, 6.45) is 0. The number of benzene rings is 2. The van der Waals surface area contributed by atoms with Gasteiger partial charge in [-0.3, -0.25) is 4.79 Å². The van der Waals surface area contributed by atoms with Crippen molar-refractivity contribution in [2.45, 2.75) is 6.92 Å². The zero-order chi connectivity index (χ0) is 18.1. The van der Waals surface area contributed by atoms with Gasteiger partial charge in [-0.2, -0.15) is 0 Å². The minimum Gasteiger partial charge on any atom is -0.319 e. The fraction of sp³-hybridized carbons (Fsp3) is 0.0625. The van der Waals surface area contributed by atoms with Crippen LogP contribution in [0, 0.1) is 27.9 Å². The Morgan fingerprint density at radius 2 is 1.72 bits per heavy atom. The number of hydrogen-bond donors (Lipinski definition) is 1. The highest BCUT2D eigenvalue weighted by molar-refractivity contribution is 14.1. The zero-order valence-corrected chi connectivity index (χ0v) is 14.9. The van der Waals surface area contributed by atoms with Crippen LogP contribution in [0.3, 0.4) is 0 Å². The summed E-state index contributed by atoms with van der Waals surface area (Å²) >= 11 is 1.53. The number of amides is 1. The molecule has 0 spiro atoms. The number of aromatic nitrogens is 3. The summed E-state index contributed by atoms with van der Waals surface area (Å²) in [6.45, 7) is 1.62. The molecule has 0 saturated heterocycles. The van der Waals surface area contributed by atoms with Gasteiger partial charge in [0.2, 0.25) is 5.82 Å². The Labute approximate surface area is 154 Å². The van der Waals surface area contributed by atoms with Crippen molar-refractivity contribution in [2.75, 3.05) is 5.32 Å². The maximum Gasteiger partial charge on any atom is 0.295 e. The van der Waals surface area contributed by atoms with Crippen LogP contribution in [0.15, 0.2) is 36.4 Å². The van der Waals surface area contributed by atoms with Gasteiger partial charge in [0.1, 0.15) is 23.3 Å². The Balaban J connectivity index is 1.86. The zero-order valence-electron chi connectivity index (χ0n) is 12.7. The fourth-order valence-electron chi connectivity index (χ4n) is 2.13. The number of carbonyl (C=O) groups is 1. The van der Waals surface area contributed by atoms with Crippen LogP contribution < -0.4 is 5.32 Å². The van der Waals surface area contributed by atoms with E-state index in [1.54, 1.807) is 6.92 Å². The van der Waals surface area contributed by atoms with Crippen LogP contribution in [0.2, 0.25) is 0 Å². The molecule has 0 aliphatic heterocycles. The largest absolute Gasteiger partial charge is 0.319 e. The first-order chi connectivity index (χ1) is 11.8. The normalized spacial score (nSPS) is 10.8. The number of carbonyl (C=O) groups excluding carboxylic acids is 1.